The number of benzene rings is 1. The number of hydrogen-bond donors (Lipinski definition) is 2. The maximum atomic E-state index is 11.4. The topological polar surface area (TPSA) is 167 Å². The van der Waals surface area contributed by atoms with Gasteiger partial charge in [0.05, 0.1) is 16.4 Å². The van der Waals surface area contributed by atoms with Crippen LogP contribution in [0.2, 0.25) is 0 Å². The average Bonchev–Trinajstić information content (AvgIpc) is 2.73. The van der Waals surface area contributed by atoms with Gasteiger partial charge in [-0.25, -0.2) is 4.98 Å². The summed E-state index contributed by atoms with van der Waals surface area (Å²) in [7, 11) is 0. The van der Waals surface area contributed by atoms with Crippen molar-refractivity contribution in [2.24, 2.45) is 17.6 Å². The van der Waals surface area contributed by atoms with Crippen molar-refractivity contribution in [2.45, 2.75) is 32.2 Å². The van der Waals surface area contributed by atoms with Crippen molar-refractivity contribution in [3.8, 4) is 0 Å². The van der Waals surface area contributed by atoms with E-state index in [2.05, 4.69) is 9.97 Å². The SMILES string of the molecule is NCC1CCC(CN(Cc2ccccc2[N+](=O)[O-])c2ncc([N+](=O)[O-])c(N)n2)CC1. The molecular weight excluding hydrogens is 390 g/mol. The zero-order valence-corrected chi connectivity index (χ0v) is 16.5. The van der Waals surface area contributed by atoms with Crippen LogP contribution >= 0.6 is 0 Å². The van der Waals surface area contributed by atoms with E-state index in [1.807, 2.05) is 4.90 Å². The first-order valence-corrected chi connectivity index (χ1v) is 9.83. The molecule has 0 amide bonds. The molecule has 4 N–H and O–H groups in total. The fraction of sp³-hybridized carbons (Fsp3) is 0.474. The van der Waals surface area contributed by atoms with Crippen molar-refractivity contribution in [1.82, 2.24) is 9.97 Å². The lowest BCUT2D eigenvalue weighted by Crippen LogP contribution is -2.33. The van der Waals surface area contributed by atoms with Crippen LogP contribution in [0.3, 0.4) is 0 Å². The highest BCUT2D eigenvalue weighted by Gasteiger charge is 2.26. The molecule has 0 unspecified atom stereocenters. The molecule has 0 radical (unpaired) electrons. The Hall–Kier alpha value is -3.34. The number of hydrogen-bond acceptors (Lipinski definition) is 9. The van der Waals surface area contributed by atoms with Crippen LogP contribution in [0.25, 0.3) is 0 Å². The van der Waals surface area contributed by atoms with Crippen LogP contribution in [-0.2, 0) is 6.54 Å². The smallest absolute Gasteiger partial charge is 0.329 e. The Morgan fingerprint density at radius 2 is 1.67 bits per heavy atom. The fourth-order valence-electron chi connectivity index (χ4n) is 3.88. The Labute approximate surface area is 173 Å². The number of nitrogens with two attached hydrogens (primary N) is 2. The van der Waals surface area contributed by atoms with Crippen LogP contribution in [0, 0.1) is 32.1 Å². The molecule has 1 aromatic heterocycles. The standard InChI is InChI=1S/C19H25N7O4/c20-9-13-5-7-14(8-6-13)11-24(12-15-3-1-2-4-16(15)25(27)28)19-22-10-17(26(29)30)18(21)23-19/h1-4,10,13-14H,5-9,11-12,20H2,(H2,21,22,23). The molecule has 160 valence electrons. The first kappa shape index (κ1) is 21.4. The summed E-state index contributed by atoms with van der Waals surface area (Å²) in [5.74, 6) is 0.855. The maximum Gasteiger partial charge on any atom is 0.329 e. The zero-order valence-electron chi connectivity index (χ0n) is 16.5. The lowest BCUT2D eigenvalue weighted by molar-refractivity contribution is -0.385. The number of aromatic nitrogens is 2. The molecule has 1 saturated carbocycles. The molecule has 11 nitrogen and oxygen atoms in total. The highest BCUT2D eigenvalue weighted by atomic mass is 16.6. The van der Waals surface area contributed by atoms with E-state index in [1.165, 1.54) is 6.07 Å². The van der Waals surface area contributed by atoms with Crippen molar-refractivity contribution in [3.63, 3.8) is 0 Å². The second kappa shape index (κ2) is 9.44. The quantitative estimate of drug-likeness (QED) is 0.486. The summed E-state index contributed by atoms with van der Waals surface area (Å²) in [5.41, 5.74) is 11.7. The second-order valence-corrected chi connectivity index (χ2v) is 7.59. The fourth-order valence-corrected chi connectivity index (χ4v) is 3.88. The Morgan fingerprint density at radius 1 is 1.03 bits per heavy atom. The summed E-state index contributed by atoms with van der Waals surface area (Å²) in [6.45, 7) is 1.44. The Balaban J connectivity index is 1.88. The van der Waals surface area contributed by atoms with Gasteiger partial charge in [0.25, 0.3) is 5.69 Å². The van der Waals surface area contributed by atoms with Crippen molar-refractivity contribution < 1.29 is 9.85 Å². The van der Waals surface area contributed by atoms with E-state index < -0.39 is 9.85 Å². The van der Waals surface area contributed by atoms with E-state index in [-0.39, 0.29) is 29.7 Å². The molecule has 30 heavy (non-hydrogen) atoms. The lowest BCUT2D eigenvalue weighted by atomic mass is 9.82. The largest absolute Gasteiger partial charge is 0.378 e. The Bertz CT molecular complexity index is 916. The minimum Gasteiger partial charge on any atom is -0.378 e. The normalized spacial score (nSPS) is 18.7. The number of rotatable bonds is 8. The van der Waals surface area contributed by atoms with Gasteiger partial charge in [-0.15, -0.1) is 0 Å². The van der Waals surface area contributed by atoms with Gasteiger partial charge >= 0.3 is 5.69 Å². The van der Waals surface area contributed by atoms with E-state index in [0.29, 0.717) is 30.5 Å². The summed E-state index contributed by atoms with van der Waals surface area (Å²) < 4.78 is 0. The third-order valence-corrected chi connectivity index (χ3v) is 5.59. The molecule has 1 aliphatic rings. The minimum absolute atomic E-state index is 0.00391. The van der Waals surface area contributed by atoms with Gasteiger partial charge in [-0.1, -0.05) is 18.2 Å². The number of anilines is 2. The molecule has 1 aromatic carbocycles. The summed E-state index contributed by atoms with van der Waals surface area (Å²) >= 11 is 0. The summed E-state index contributed by atoms with van der Waals surface area (Å²) in [6, 6.07) is 6.48. The number of nitrogen functional groups attached to an aromatic ring is 1. The monoisotopic (exact) mass is 415 g/mol. The molecular formula is C19H25N7O4. The summed E-state index contributed by atoms with van der Waals surface area (Å²) in [4.78, 5) is 31.5. The van der Waals surface area contributed by atoms with Crippen LogP contribution in [0.5, 0.6) is 0 Å². The third-order valence-electron chi connectivity index (χ3n) is 5.59. The molecule has 0 bridgehead atoms. The van der Waals surface area contributed by atoms with Gasteiger partial charge in [0.2, 0.25) is 11.8 Å². The van der Waals surface area contributed by atoms with Gasteiger partial charge in [0.1, 0.15) is 6.20 Å². The average molecular weight is 415 g/mol. The highest BCUT2D eigenvalue weighted by Crippen LogP contribution is 2.31. The first-order valence-electron chi connectivity index (χ1n) is 9.83. The third kappa shape index (κ3) is 4.98. The first-order chi connectivity index (χ1) is 14.4. The lowest BCUT2D eigenvalue weighted by Gasteiger charge is -2.32. The van der Waals surface area contributed by atoms with E-state index in [0.717, 1.165) is 31.9 Å². The van der Waals surface area contributed by atoms with Gasteiger partial charge < -0.3 is 16.4 Å². The molecule has 1 aliphatic carbocycles. The van der Waals surface area contributed by atoms with Crippen molar-refractivity contribution in [3.05, 3.63) is 56.3 Å². The van der Waals surface area contributed by atoms with Crippen LogP contribution in [0.15, 0.2) is 30.5 Å². The number of nitro groups is 2. The molecule has 0 saturated heterocycles. The molecule has 2 aromatic rings. The van der Waals surface area contributed by atoms with Crippen molar-refractivity contribution >= 4 is 23.1 Å². The zero-order chi connectivity index (χ0) is 21.7. The van der Waals surface area contributed by atoms with Crippen LogP contribution in [0.1, 0.15) is 31.2 Å². The Morgan fingerprint density at radius 3 is 2.27 bits per heavy atom. The summed E-state index contributed by atoms with van der Waals surface area (Å²) in [6.07, 6.45) is 5.11. The second-order valence-electron chi connectivity index (χ2n) is 7.59. The number of nitrogens with zero attached hydrogens (tertiary/aromatic N) is 5. The number of para-hydroxylation sites is 1. The predicted molar refractivity (Wildman–Crippen MR) is 112 cm³/mol. The van der Waals surface area contributed by atoms with E-state index >= 15 is 0 Å². The van der Waals surface area contributed by atoms with Gasteiger partial charge in [-0.2, -0.15) is 4.98 Å². The van der Waals surface area contributed by atoms with Crippen LogP contribution < -0.4 is 16.4 Å². The van der Waals surface area contributed by atoms with Crippen molar-refractivity contribution in [1.29, 1.82) is 0 Å². The maximum absolute atomic E-state index is 11.4. The van der Waals surface area contributed by atoms with Crippen LogP contribution in [0.4, 0.5) is 23.1 Å². The van der Waals surface area contributed by atoms with Gasteiger partial charge in [-0.05, 0) is 44.1 Å². The van der Waals surface area contributed by atoms with Crippen molar-refractivity contribution in [2.75, 3.05) is 23.7 Å². The minimum atomic E-state index is -0.639. The van der Waals surface area contributed by atoms with Gasteiger partial charge in [-0.3, -0.25) is 20.2 Å². The number of nitro benzene ring substituents is 1. The molecule has 0 aliphatic heterocycles. The molecule has 1 heterocycles. The Kier molecular flexibility index (Phi) is 6.72. The summed E-state index contributed by atoms with van der Waals surface area (Å²) in [5, 5.41) is 22.5. The van der Waals surface area contributed by atoms with E-state index in [4.69, 9.17) is 11.5 Å². The van der Waals surface area contributed by atoms with E-state index in [9.17, 15) is 20.2 Å². The molecule has 3 rings (SSSR count). The molecule has 1 fully saturated rings. The molecule has 0 spiro atoms. The van der Waals surface area contributed by atoms with Gasteiger partial charge in [0, 0.05) is 18.2 Å². The molecule has 0 atom stereocenters. The highest BCUT2D eigenvalue weighted by molar-refractivity contribution is 5.54. The molecule has 11 heteroatoms. The van der Waals surface area contributed by atoms with Crippen LogP contribution in [-0.4, -0.2) is 32.9 Å². The predicted octanol–water partition coefficient (Wildman–Crippen LogP) is 2.65. The van der Waals surface area contributed by atoms with E-state index in [1.54, 1.807) is 18.2 Å². The van der Waals surface area contributed by atoms with Gasteiger partial charge in [0.15, 0.2) is 0 Å².